The van der Waals surface area contributed by atoms with Crippen LogP contribution in [0.4, 0.5) is 0 Å². The van der Waals surface area contributed by atoms with E-state index in [0.29, 0.717) is 18.8 Å². The van der Waals surface area contributed by atoms with Crippen molar-refractivity contribution in [3.05, 3.63) is 59.7 Å². The molecule has 0 bridgehead atoms. The number of rotatable bonds is 1. The quantitative estimate of drug-likeness (QED) is 0.736. The molecule has 0 N–H and O–H groups in total. The molecule has 0 saturated heterocycles. The van der Waals surface area contributed by atoms with Crippen molar-refractivity contribution >= 4 is 11.9 Å². The summed E-state index contributed by atoms with van der Waals surface area (Å²) in [6, 6.07) is 14.7. The Kier molecular flexibility index (Phi) is 5.26. The first-order valence-electron chi connectivity index (χ1n) is 8.30. The largest absolute Gasteiger partial charge is 0.462 e. The van der Waals surface area contributed by atoms with Gasteiger partial charge in [0, 0.05) is 0 Å². The molecule has 4 nitrogen and oxygen atoms in total. The summed E-state index contributed by atoms with van der Waals surface area (Å²) in [4.78, 5) is 25.1. The molecule has 24 heavy (non-hydrogen) atoms. The number of hydrogen-bond donors (Lipinski definition) is 0. The van der Waals surface area contributed by atoms with Gasteiger partial charge in [0.25, 0.3) is 0 Å². The Balaban J connectivity index is 2.07. The Labute approximate surface area is 141 Å². The Morgan fingerprint density at radius 1 is 0.625 bits per heavy atom. The maximum absolute atomic E-state index is 12.6. The summed E-state index contributed by atoms with van der Waals surface area (Å²) in [7, 11) is 0. The molecule has 0 fully saturated rings. The van der Waals surface area contributed by atoms with Crippen LogP contribution in [-0.2, 0) is 9.47 Å². The second-order valence-corrected chi connectivity index (χ2v) is 5.78. The number of cyclic esters (lactones) is 2. The Bertz CT molecular complexity index is 722. The van der Waals surface area contributed by atoms with E-state index >= 15 is 0 Å². The summed E-state index contributed by atoms with van der Waals surface area (Å²) in [6.45, 7) is 0.749. The number of ether oxygens (including phenoxy) is 2. The minimum atomic E-state index is -0.472. The summed E-state index contributed by atoms with van der Waals surface area (Å²) in [5.74, 6) is -0.942. The fraction of sp³-hybridized carbons (Fsp3) is 0.300. The number of fused-ring (bicyclic) bond motifs is 1. The third kappa shape index (κ3) is 3.65. The van der Waals surface area contributed by atoms with Crippen LogP contribution in [0, 0.1) is 0 Å². The van der Waals surface area contributed by atoms with Gasteiger partial charge in [-0.05, 0) is 42.9 Å². The molecule has 0 amide bonds. The zero-order valence-electron chi connectivity index (χ0n) is 13.5. The topological polar surface area (TPSA) is 52.6 Å². The smallest absolute Gasteiger partial charge is 0.339 e. The van der Waals surface area contributed by atoms with Gasteiger partial charge >= 0.3 is 11.9 Å². The lowest BCUT2D eigenvalue weighted by molar-refractivity contribution is 0.0436. The third-order valence-corrected chi connectivity index (χ3v) is 4.08. The second kappa shape index (κ2) is 7.77. The maximum Gasteiger partial charge on any atom is 0.339 e. The average Bonchev–Trinajstić information content (AvgIpc) is 2.62. The van der Waals surface area contributed by atoms with Crippen LogP contribution < -0.4 is 0 Å². The number of esters is 2. The van der Waals surface area contributed by atoms with Crippen LogP contribution >= 0.6 is 0 Å². The van der Waals surface area contributed by atoms with Crippen LogP contribution in [0.15, 0.2) is 48.5 Å². The standard InChI is InChI=1S/C20H20O4/c21-19-17-12-8-11-16(15-9-4-3-5-10-15)18(17)20(22)24-14-7-2-1-6-13-23-19/h3-5,8-12H,1-2,6-7,13-14H2. The van der Waals surface area contributed by atoms with Gasteiger partial charge in [-0.1, -0.05) is 42.5 Å². The van der Waals surface area contributed by atoms with Gasteiger partial charge in [-0.3, -0.25) is 0 Å². The van der Waals surface area contributed by atoms with Gasteiger partial charge in [0.15, 0.2) is 0 Å². The van der Waals surface area contributed by atoms with Crippen molar-refractivity contribution in [1.29, 1.82) is 0 Å². The maximum atomic E-state index is 12.6. The molecule has 0 unspecified atom stereocenters. The molecule has 0 spiro atoms. The molecule has 2 aromatic carbocycles. The highest BCUT2D eigenvalue weighted by Crippen LogP contribution is 2.28. The summed E-state index contributed by atoms with van der Waals surface area (Å²) in [5.41, 5.74) is 2.11. The number of hydrogen-bond acceptors (Lipinski definition) is 4. The molecule has 0 aliphatic carbocycles. The van der Waals surface area contributed by atoms with Gasteiger partial charge in [0.05, 0.1) is 24.3 Å². The first-order valence-corrected chi connectivity index (χ1v) is 8.30. The molecular formula is C20H20O4. The highest BCUT2D eigenvalue weighted by Gasteiger charge is 2.24. The van der Waals surface area contributed by atoms with Crippen molar-refractivity contribution in [1.82, 2.24) is 0 Å². The molecule has 1 aliphatic heterocycles. The number of carbonyl (C=O) groups is 2. The van der Waals surface area contributed by atoms with Gasteiger partial charge in [0.1, 0.15) is 0 Å². The lowest BCUT2D eigenvalue weighted by Crippen LogP contribution is -2.17. The summed E-state index contributed by atoms with van der Waals surface area (Å²) >= 11 is 0. The van der Waals surface area contributed by atoms with E-state index in [1.54, 1.807) is 12.1 Å². The normalized spacial score (nSPS) is 16.2. The Hall–Kier alpha value is -2.62. The van der Waals surface area contributed by atoms with E-state index in [2.05, 4.69) is 0 Å². The highest BCUT2D eigenvalue weighted by molar-refractivity contribution is 6.07. The minimum absolute atomic E-state index is 0.266. The van der Waals surface area contributed by atoms with E-state index in [0.717, 1.165) is 31.2 Å². The van der Waals surface area contributed by atoms with Crippen LogP contribution in [0.1, 0.15) is 46.4 Å². The predicted molar refractivity (Wildman–Crippen MR) is 90.9 cm³/mol. The lowest BCUT2D eigenvalue weighted by atomic mass is 9.95. The molecule has 1 heterocycles. The van der Waals surface area contributed by atoms with E-state index in [9.17, 15) is 9.59 Å². The molecule has 3 rings (SSSR count). The van der Waals surface area contributed by atoms with E-state index in [1.165, 1.54) is 0 Å². The Morgan fingerprint density at radius 2 is 1.25 bits per heavy atom. The minimum Gasteiger partial charge on any atom is -0.462 e. The van der Waals surface area contributed by atoms with Crippen LogP contribution in [-0.4, -0.2) is 25.2 Å². The summed E-state index contributed by atoms with van der Waals surface area (Å²) in [6.07, 6.45) is 3.57. The van der Waals surface area contributed by atoms with Crippen molar-refractivity contribution in [2.24, 2.45) is 0 Å². The van der Waals surface area contributed by atoms with Crippen molar-refractivity contribution < 1.29 is 19.1 Å². The number of benzene rings is 2. The molecule has 124 valence electrons. The molecule has 4 heteroatoms. The fourth-order valence-corrected chi connectivity index (χ4v) is 2.84. The SMILES string of the molecule is O=C1OCCCCCCOC(=O)c2c1cccc2-c1ccccc1. The van der Waals surface area contributed by atoms with Gasteiger partial charge in [-0.25, -0.2) is 9.59 Å². The number of carbonyl (C=O) groups excluding carboxylic acids is 2. The zero-order chi connectivity index (χ0) is 16.8. The van der Waals surface area contributed by atoms with E-state index in [-0.39, 0.29) is 11.1 Å². The third-order valence-electron chi connectivity index (χ3n) is 4.08. The molecule has 2 aromatic rings. The van der Waals surface area contributed by atoms with Gasteiger partial charge in [-0.2, -0.15) is 0 Å². The van der Waals surface area contributed by atoms with Crippen molar-refractivity contribution in [3.8, 4) is 11.1 Å². The van der Waals surface area contributed by atoms with Crippen LogP contribution in [0.5, 0.6) is 0 Å². The molecule has 0 atom stereocenters. The van der Waals surface area contributed by atoms with Gasteiger partial charge in [0.2, 0.25) is 0 Å². The van der Waals surface area contributed by atoms with E-state index in [1.807, 2.05) is 36.4 Å². The van der Waals surface area contributed by atoms with Crippen molar-refractivity contribution in [2.45, 2.75) is 25.7 Å². The predicted octanol–water partition coefficient (Wildman–Crippen LogP) is 4.24. The van der Waals surface area contributed by atoms with Crippen LogP contribution in [0.25, 0.3) is 11.1 Å². The first kappa shape index (κ1) is 16.2. The highest BCUT2D eigenvalue weighted by atomic mass is 16.5. The van der Waals surface area contributed by atoms with Gasteiger partial charge in [-0.15, -0.1) is 0 Å². The molecule has 0 saturated carbocycles. The fourth-order valence-electron chi connectivity index (χ4n) is 2.84. The van der Waals surface area contributed by atoms with Crippen LogP contribution in [0.2, 0.25) is 0 Å². The molecule has 0 aromatic heterocycles. The monoisotopic (exact) mass is 324 g/mol. The van der Waals surface area contributed by atoms with Crippen molar-refractivity contribution in [3.63, 3.8) is 0 Å². The Morgan fingerprint density at radius 3 is 1.96 bits per heavy atom. The average molecular weight is 324 g/mol. The zero-order valence-corrected chi connectivity index (χ0v) is 13.5. The van der Waals surface area contributed by atoms with E-state index < -0.39 is 11.9 Å². The molecule has 1 aliphatic rings. The first-order chi connectivity index (χ1) is 11.8. The van der Waals surface area contributed by atoms with Crippen LogP contribution in [0.3, 0.4) is 0 Å². The molecule has 0 radical (unpaired) electrons. The van der Waals surface area contributed by atoms with E-state index in [4.69, 9.17) is 9.47 Å². The summed E-state index contributed by atoms with van der Waals surface area (Å²) < 4.78 is 10.7. The lowest BCUT2D eigenvalue weighted by Gasteiger charge is -2.15. The second-order valence-electron chi connectivity index (χ2n) is 5.78. The van der Waals surface area contributed by atoms with Gasteiger partial charge < -0.3 is 9.47 Å². The molecular weight excluding hydrogens is 304 g/mol. The van der Waals surface area contributed by atoms with Crippen molar-refractivity contribution in [2.75, 3.05) is 13.2 Å². The summed E-state index contributed by atoms with van der Waals surface area (Å²) in [5, 5.41) is 0.